The van der Waals surface area contributed by atoms with Crippen LogP contribution in [0.5, 0.6) is 0 Å². The van der Waals surface area contributed by atoms with Crippen LogP contribution in [0, 0.1) is 17.6 Å². The van der Waals surface area contributed by atoms with Crippen molar-refractivity contribution in [1.82, 2.24) is 39.0 Å². The first-order valence-corrected chi connectivity index (χ1v) is 24.8. The monoisotopic (exact) mass is 956 g/mol. The molecule has 0 spiro atoms. The third-order valence-corrected chi connectivity index (χ3v) is 15.7. The minimum Gasteiger partial charge on any atom is -0.388 e. The number of aromatic nitrogens is 3. The maximum Gasteiger partial charge on any atom is 0.257 e. The van der Waals surface area contributed by atoms with E-state index in [-0.39, 0.29) is 46.7 Å². The van der Waals surface area contributed by atoms with Crippen LogP contribution in [0.1, 0.15) is 91.0 Å². The van der Waals surface area contributed by atoms with E-state index < -0.39 is 29.0 Å². The first kappa shape index (κ1) is 47.4. The summed E-state index contributed by atoms with van der Waals surface area (Å²) >= 11 is 0. The number of piperidine rings is 3. The topological polar surface area (TPSA) is 148 Å². The molecule has 5 aromatic rings. The van der Waals surface area contributed by atoms with Gasteiger partial charge in [0, 0.05) is 131 Å². The zero-order valence-electron chi connectivity index (χ0n) is 40.5. The Morgan fingerprint density at radius 1 is 0.800 bits per heavy atom. The van der Waals surface area contributed by atoms with E-state index in [1.54, 1.807) is 39.9 Å². The normalized spacial score (nSPS) is 20.9. The van der Waals surface area contributed by atoms with Gasteiger partial charge >= 0.3 is 0 Å². The molecule has 4 saturated heterocycles. The molecule has 5 aliphatic rings. The van der Waals surface area contributed by atoms with E-state index in [1.807, 2.05) is 49.7 Å². The number of hydrogen-bond donors (Lipinski definition) is 2. The van der Waals surface area contributed by atoms with Gasteiger partial charge in [0.1, 0.15) is 23.3 Å². The summed E-state index contributed by atoms with van der Waals surface area (Å²) < 4.78 is 35.4. The molecular weight excluding hydrogens is 895 g/mol. The highest BCUT2D eigenvalue weighted by Crippen LogP contribution is 2.44. The second-order valence-electron chi connectivity index (χ2n) is 20.5. The average Bonchev–Trinajstić information content (AvgIpc) is 3.77. The number of piperazine rings is 1. The SMILES string of the molecule is CNc1ccn(-c2ccnc3c2cc(CN2CCC(c4c(F)cc(C(=O)N5CCC(CN6CCN(Cc7ccc8c(c7)C(C)(C)C(=O)N8C7CCC(=O)NC7=O)CC6)CC5)cc4F)CC2)n3C)c(=O)c1. The van der Waals surface area contributed by atoms with Crippen molar-refractivity contribution in [3.63, 3.8) is 0 Å². The number of halogens is 2. The molecule has 10 rings (SSSR count). The lowest BCUT2D eigenvalue weighted by molar-refractivity contribution is -0.136. The molecule has 17 heteroatoms. The van der Waals surface area contributed by atoms with Crippen molar-refractivity contribution in [2.45, 2.75) is 82.8 Å². The summed E-state index contributed by atoms with van der Waals surface area (Å²) in [5.74, 6) is -2.39. The Hall–Kier alpha value is -6.30. The Kier molecular flexibility index (Phi) is 12.9. The standard InChI is InChI=1S/C53H62F2N10O5/c1-53(2)40-25-34(5-6-44(40)65(52(53)70)45-7-8-46(66)58-50(45)68)31-62-23-21-61(22-24-62)30-33-10-18-63(19-11-33)51(69)36-26-41(54)48(42(55)27-36)35-12-16-60(17-13-35)32-38-29-39-43(9-15-57-49(39)59(38)4)64-20-14-37(56-3)28-47(64)67/h5-6,9,14-15,20,25-29,33,35,45,56H,7-8,10-13,16-19,21-24,30-32H2,1-4H3,(H,58,66,68). The molecule has 4 fully saturated rings. The highest BCUT2D eigenvalue weighted by molar-refractivity contribution is 6.13. The predicted octanol–water partition coefficient (Wildman–Crippen LogP) is 5.52. The van der Waals surface area contributed by atoms with Crippen molar-refractivity contribution in [2.24, 2.45) is 13.0 Å². The Balaban J connectivity index is 0.686. The molecule has 2 N–H and O–H groups in total. The van der Waals surface area contributed by atoms with Gasteiger partial charge in [-0.2, -0.15) is 0 Å². The highest BCUT2D eigenvalue weighted by atomic mass is 19.1. The Bertz CT molecular complexity index is 2900. The summed E-state index contributed by atoms with van der Waals surface area (Å²) in [6.07, 6.45) is 6.79. The van der Waals surface area contributed by atoms with Crippen LogP contribution in [-0.4, -0.2) is 129 Å². The summed E-state index contributed by atoms with van der Waals surface area (Å²) in [5, 5.41) is 6.26. The van der Waals surface area contributed by atoms with Crippen molar-refractivity contribution in [2.75, 3.05) is 76.2 Å². The van der Waals surface area contributed by atoms with Gasteiger partial charge in [0.05, 0.1) is 11.1 Å². The third kappa shape index (κ3) is 9.03. The minimum atomic E-state index is -0.789. The first-order chi connectivity index (χ1) is 33.7. The van der Waals surface area contributed by atoms with Gasteiger partial charge in [0.2, 0.25) is 17.7 Å². The summed E-state index contributed by atoms with van der Waals surface area (Å²) in [6.45, 7) is 12.1. The molecular formula is C53H62F2N10O5. The van der Waals surface area contributed by atoms with Crippen LogP contribution in [-0.2, 0) is 39.9 Å². The molecule has 4 amide bonds. The van der Waals surface area contributed by atoms with Crippen molar-refractivity contribution >= 4 is 46.0 Å². The van der Waals surface area contributed by atoms with E-state index in [0.29, 0.717) is 57.9 Å². The van der Waals surface area contributed by atoms with Crippen LogP contribution < -0.4 is 21.1 Å². The molecule has 70 heavy (non-hydrogen) atoms. The Morgan fingerprint density at radius 2 is 1.50 bits per heavy atom. The number of rotatable bonds is 11. The van der Waals surface area contributed by atoms with Gasteiger partial charge < -0.3 is 19.7 Å². The van der Waals surface area contributed by atoms with Crippen LogP contribution in [0.3, 0.4) is 0 Å². The first-order valence-electron chi connectivity index (χ1n) is 24.8. The fourth-order valence-corrected chi connectivity index (χ4v) is 11.6. The van der Waals surface area contributed by atoms with E-state index in [9.17, 15) is 24.0 Å². The molecule has 1 unspecified atom stereocenters. The number of pyridine rings is 2. The minimum absolute atomic E-state index is 0.0555. The van der Waals surface area contributed by atoms with Crippen molar-refractivity contribution < 1.29 is 28.0 Å². The number of hydrogen-bond acceptors (Lipinski definition) is 10. The van der Waals surface area contributed by atoms with E-state index in [4.69, 9.17) is 0 Å². The molecule has 1 atom stereocenters. The molecule has 368 valence electrons. The van der Waals surface area contributed by atoms with Gasteiger partial charge in [-0.05, 0) is 118 Å². The quantitative estimate of drug-likeness (QED) is 0.162. The van der Waals surface area contributed by atoms with Crippen LogP contribution in [0.25, 0.3) is 16.7 Å². The maximum absolute atomic E-state index is 15.9. The molecule has 0 bridgehead atoms. The van der Waals surface area contributed by atoms with Crippen LogP contribution in [0.2, 0.25) is 0 Å². The molecule has 8 heterocycles. The van der Waals surface area contributed by atoms with E-state index in [1.165, 1.54) is 12.1 Å². The molecule has 2 aromatic carbocycles. The lowest BCUT2D eigenvalue weighted by atomic mass is 9.85. The number of imide groups is 1. The number of carbonyl (C=O) groups excluding carboxylic acids is 4. The molecule has 15 nitrogen and oxygen atoms in total. The van der Waals surface area contributed by atoms with Crippen molar-refractivity contribution in [3.8, 4) is 5.69 Å². The average molecular weight is 957 g/mol. The predicted molar refractivity (Wildman–Crippen MR) is 263 cm³/mol. The summed E-state index contributed by atoms with van der Waals surface area (Å²) in [6, 6.07) is 15.2. The zero-order chi connectivity index (χ0) is 49.0. The van der Waals surface area contributed by atoms with Gasteiger partial charge in [-0.15, -0.1) is 0 Å². The fourth-order valence-electron chi connectivity index (χ4n) is 11.6. The highest BCUT2D eigenvalue weighted by Gasteiger charge is 2.49. The second-order valence-corrected chi connectivity index (χ2v) is 20.5. The van der Waals surface area contributed by atoms with Crippen LogP contribution >= 0.6 is 0 Å². The van der Waals surface area contributed by atoms with Gasteiger partial charge in [-0.25, -0.2) is 13.8 Å². The molecule has 3 aromatic heterocycles. The van der Waals surface area contributed by atoms with Crippen LogP contribution in [0.15, 0.2) is 71.8 Å². The van der Waals surface area contributed by atoms with Gasteiger partial charge in [0.25, 0.3) is 11.5 Å². The van der Waals surface area contributed by atoms with Crippen molar-refractivity contribution in [3.05, 3.63) is 117 Å². The maximum atomic E-state index is 15.9. The molecule has 0 radical (unpaired) electrons. The molecule has 0 aliphatic carbocycles. The number of anilines is 2. The number of carbonyl (C=O) groups is 4. The molecule has 5 aliphatic heterocycles. The number of benzene rings is 2. The summed E-state index contributed by atoms with van der Waals surface area (Å²) in [5.41, 5.74) is 5.21. The largest absolute Gasteiger partial charge is 0.388 e. The second kappa shape index (κ2) is 19.1. The zero-order valence-corrected chi connectivity index (χ0v) is 40.5. The fraction of sp³-hybridized carbons (Fsp3) is 0.472. The molecule has 0 saturated carbocycles. The van der Waals surface area contributed by atoms with E-state index >= 15 is 8.78 Å². The number of fused-ring (bicyclic) bond motifs is 2. The van der Waals surface area contributed by atoms with Gasteiger partial charge in [-0.3, -0.25) is 48.6 Å². The number of likely N-dealkylation sites (tertiary alicyclic amines) is 2. The number of aryl methyl sites for hydroxylation is 1. The number of nitrogens with zero attached hydrogens (tertiary/aromatic N) is 8. The van der Waals surface area contributed by atoms with E-state index in [0.717, 1.165) is 97.0 Å². The lowest BCUT2D eigenvalue weighted by Crippen LogP contribution is -2.55. The van der Waals surface area contributed by atoms with Gasteiger partial charge in [-0.1, -0.05) is 12.1 Å². The lowest BCUT2D eigenvalue weighted by Gasteiger charge is -2.39. The van der Waals surface area contributed by atoms with Gasteiger partial charge in [0.15, 0.2) is 0 Å². The smallest absolute Gasteiger partial charge is 0.257 e. The number of nitrogens with one attached hydrogen (secondary N) is 2. The van der Waals surface area contributed by atoms with E-state index in [2.05, 4.69) is 42.5 Å². The Morgan fingerprint density at radius 3 is 2.19 bits per heavy atom. The summed E-state index contributed by atoms with van der Waals surface area (Å²) in [4.78, 5) is 79.8. The van der Waals surface area contributed by atoms with Crippen LogP contribution in [0.4, 0.5) is 20.2 Å². The van der Waals surface area contributed by atoms with Crippen molar-refractivity contribution in [1.29, 1.82) is 0 Å². The summed E-state index contributed by atoms with van der Waals surface area (Å²) in [7, 11) is 3.73. The number of amides is 4. The Labute approximate surface area is 406 Å². The third-order valence-electron chi connectivity index (χ3n) is 15.7.